The van der Waals surface area contributed by atoms with Gasteiger partial charge in [-0.1, -0.05) is 36.4 Å². The van der Waals surface area contributed by atoms with Gasteiger partial charge in [0.05, 0.1) is 0 Å². The number of amides is 1. The molecule has 0 aliphatic rings. The Balaban J connectivity index is 2.50. The average molecular weight is 257 g/mol. The summed E-state index contributed by atoms with van der Waals surface area (Å²) < 4.78 is 0. The predicted octanol–water partition coefficient (Wildman–Crippen LogP) is 2.44. The quantitative estimate of drug-likeness (QED) is 0.837. The van der Waals surface area contributed by atoms with E-state index in [0.717, 1.165) is 10.8 Å². The monoisotopic (exact) mass is 257 g/mol. The number of likely N-dealkylation sites (N-methyl/N-ethyl adjacent to an activating group) is 1. The minimum Gasteiger partial charge on any atom is -0.479 e. The summed E-state index contributed by atoms with van der Waals surface area (Å²) >= 11 is 0. The predicted molar refractivity (Wildman–Crippen MR) is 72.8 cm³/mol. The van der Waals surface area contributed by atoms with Crippen molar-refractivity contribution in [3.63, 3.8) is 0 Å². The Morgan fingerprint density at radius 3 is 2.53 bits per heavy atom. The summed E-state index contributed by atoms with van der Waals surface area (Å²) in [6.45, 7) is 2.11. The molecule has 0 aromatic heterocycles. The molecule has 4 heteroatoms. The molecule has 1 unspecified atom stereocenters. The molecule has 0 saturated heterocycles. The first kappa shape index (κ1) is 13.1. The fourth-order valence-electron chi connectivity index (χ4n) is 2.17. The number of carbonyl (C=O) groups is 2. The van der Waals surface area contributed by atoms with Crippen LogP contribution in [0.3, 0.4) is 0 Å². The van der Waals surface area contributed by atoms with Crippen LogP contribution in [0.5, 0.6) is 0 Å². The molecule has 1 atom stereocenters. The molecular formula is C15H15NO3. The van der Waals surface area contributed by atoms with Gasteiger partial charge in [0.25, 0.3) is 0 Å². The summed E-state index contributed by atoms with van der Waals surface area (Å²) in [5.74, 6) is -1.02. The zero-order valence-electron chi connectivity index (χ0n) is 10.6. The van der Waals surface area contributed by atoms with Crippen molar-refractivity contribution >= 4 is 23.2 Å². The number of carbonyl (C=O) groups excluding carboxylic acids is 1. The maximum absolute atomic E-state index is 11.4. The van der Waals surface area contributed by atoms with Crippen molar-refractivity contribution in [3.8, 4) is 0 Å². The number of rotatable bonds is 5. The minimum absolute atomic E-state index is 0.354. The van der Waals surface area contributed by atoms with Gasteiger partial charge in [0, 0.05) is 6.54 Å². The largest absolute Gasteiger partial charge is 0.479 e. The normalized spacial score (nSPS) is 12.1. The second kappa shape index (κ2) is 5.52. The van der Waals surface area contributed by atoms with Crippen LogP contribution in [0.1, 0.15) is 18.5 Å². The second-order valence-electron chi connectivity index (χ2n) is 4.28. The zero-order valence-corrected chi connectivity index (χ0v) is 10.6. The molecule has 0 spiro atoms. The molecular weight excluding hydrogens is 242 g/mol. The first-order chi connectivity index (χ1) is 9.17. The van der Waals surface area contributed by atoms with Crippen LogP contribution >= 0.6 is 0 Å². The highest BCUT2D eigenvalue weighted by Crippen LogP contribution is 2.24. The smallest absolute Gasteiger partial charge is 0.331 e. The number of carboxylic acids is 1. The lowest BCUT2D eigenvalue weighted by molar-refractivity contribution is -0.146. The molecule has 2 aromatic rings. The molecule has 0 aliphatic carbocycles. The van der Waals surface area contributed by atoms with Gasteiger partial charge in [-0.15, -0.1) is 0 Å². The molecule has 0 fully saturated rings. The van der Waals surface area contributed by atoms with Crippen LogP contribution in [0.4, 0.5) is 0 Å². The van der Waals surface area contributed by atoms with Crippen LogP contribution < -0.4 is 0 Å². The Kier molecular flexibility index (Phi) is 3.80. The van der Waals surface area contributed by atoms with Crippen LogP contribution in [-0.4, -0.2) is 28.9 Å². The van der Waals surface area contributed by atoms with Gasteiger partial charge in [-0.25, -0.2) is 4.79 Å². The van der Waals surface area contributed by atoms with Gasteiger partial charge in [-0.3, -0.25) is 4.79 Å². The SMILES string of the molecule is CCN(C=O)C(C(=O)O)c1ccc2ccccc2c1. The van der Waals surface area contributed by atoms with Gasteiger partial charge in [0.15, 0.2) is 6.04 Å². The molecule has 4 nitrogen and oxygen atoms in total. The molecule has 1 N–H and O–H groups in total. The highest BCUT2D eigenvalue weighted by molar-refractivity contribution is 5.86. The van der Waals surface area contributed by atoms with E-state index in [2.05, 4.69) is 0 Å². The van der Waals surface area contributed by atoms with Crippen LogP contribution in [-0.2, 0) is 9.59 Å². The average Bonchev–Trinajstić information content (AvgIpc) is 2.43. The van der Waals surface area contributed by atoms with Crippen molar-refractivity contribution in [1.82, 2.24) is 4.90 Å². The van der Waals surface area contributed by atoms with Crippen molar-refractivity contribution in [2.45, 2.75) is 13.0 Å². The summed E-state index contributed by atoms with van der Waals surface area (Å²) in [5, 5.41) is 11.3. The third kappa shape index (κ3) is 2.57. The fourth-order valence-corrected chi connectivity index (χ4v) is 2.17. The molecule has 98 valence electrons. The van der Waals surface area contributed by atoms with Crippen LogP contribution in [0.25, 0.3) is 10.8 Å². The number of hydrogen-bond acceptors (Lipinski definition) is 2. The molecule has 2 rings (SSSR count). The topological polar surface area (TPSA) is 57.6 Å². The van der Waals surface area contributed by atoms with Gasteiger partial charge in [-0.05, 0) is 29.3 Å². The first-order valence-electron chi connectivity index (χ1n) is 6.10. The summed E-state index contributed by atoms with van der Waals surface area (Å²) in [5.41, 5.74) is 0.611. The minimum atomic E-state index is -1.02. The van der Waals surface area contributed by atoms with Gasteiger partial charge < -0.3 is 10.0 Å². The second-order valence-corrected chi connectivity index (χ2v) is 4.28. The Labute approximate surface area is 111 Å². The van der Waals surface area contributed by atoms with E-state index in [0.29, 0.717) is 18.5 Å². The number of hydrogen-bond donors (Lipinski definition) is 1. The lowest BCUT2D eigenvalue weighted by Crippen LogP contribution is -2.32. The third-order valence-corrected chi connectivity index (χ3v) is 3.16. The van der Waals surface area contributed by atoms with E-state index >= 15 is 0 Å². The molecule has 2 aromatic carbocycles. The lowest BCUT2D eigenvalue weighted by atomic mass is 10.0. The van der Waals surface area contributed by atoms with E-state index in [4.69, 9.17) is 0 Å². The lowest BCUT2D eigenvalue weighted by Gasteiger charge is -2.24. The van der Waals surface area contributed by atoms with E-state index in [9.17, 15) is 14.7 Å². The van der Waals surface area contributed by atoms with E-state index in [1.807, 2.05) is 36.4 Å². The summed E-state index contributed by atoms with van der Waals surface area (Å²) in [6, 6.07) is 12.2. The number of fused-ring (bicyclic) bond motifs is 1. The highest BCUT2D eigenvalue weighted by Gasteiger charge is 2.25. The first-order valence-corrected chi connectivity index (χ1v) is 6.10. The summed E-state index contributed by atoms with van der Waals surface area (Å²) in [6.07, 6.45) is 0.577. The fraction of sp³-hybridized carbons (Fsp3) is 0.200. The molecule has 0 saturated carbocycles. The zero-order chi connectivity index (χ0) is 13.8. The van der Waals surface area contributed by atoms with Crippen LogP contribution in [0, 0.1) is 0 Å². The third-order valence-electron chi connectivity index (χ3n) is 3.16. The Morgan fingerprint density at radius 2 is 1.95 bits per heavy atom. The number of nitrogens with zero attached hydrogens (tertiary/aromatic N) is 1. The van der Waals surface area contributed by atoms with Crippen molar-refractivity contribution in [2.24, 2.45) is 0 Å². The van der Waals surface area contributed by atoms with Gasteiger partial charge in [0.1, 0.15) is 0 Å². The molecule has 19 heavy (non-hydrogen) atoms. The Hall–Kier alpha value is -2.36. The van der Waals surface area contributed by atoms with E-state index < -0.39 is 12.0 Å². The Morgan fingerprint density at radius 1 is 1.26 bits per heavy atom. The molecule has 0 heterocycles. The van der Waals surface area contributed by atoms with Crippen molar-refractivity contribution in [3.05, 3.63) is 48.0 Å². The standard InChI is InChI=1S/C15H15NO3/c1-2-16(10-17)14(15(18)19)13-8-7-11-5-3-4-6-12(11)9-13/h3-10,14H,2H2,1H3,(H,18,19). The van der Waals surface area contributed by atoms with E-state index in [1.54, 1.807) is 13.0 Å². The summed E-state index contributed by atoms with van der Waals surface area (Å²) in [4.78, 5) is 23.6. The molecule has 0 aliphatic heterocycles. The highest BCUT2D eigenvalue weighted by atomic mass is 16.4. The summed E-state index contributed by atoms with van der Waals surface area (Å²) in [7, 11) is 0. The molecule has 0 radical (unpaired) electrons. The molecule has 0 bridgehead atoms. The van der Waals surface area contributed by atoms with Crippen LogP contribution in [0.2, 0.25) is 0 Å². The number of aliphatic carboxylic acids is 1. The Bertz CT molecular complexity index is 609. The van der Waals surface area contributed by atoms with Crippen molar-refractivity contribution in [1.29, 1.82) is 0 Å². The number of benzene rings is 2. The molecule has 1 amide bonds. The van der Waals surface area contributed by atoms with Crippen molar-refractivity contribution in [2.75, 3.05) is 6.54 Å². The maximum atomic E-state index is 11.4. The van der Waals surface area contributed by atoms with Gasteiger partial charge in [-0.2, -0.15) is 0 Å². The number of carboxylic acid groups (broad SMARTS) is 1. The van der Waals surface area contributed by atoms with Crippen LogP contribution in [0.15, 0.2) is 42.5 Å². The van der Waals surface area contributed by atoms with Crippen molar-refractivity contribution < 1.29 is 14.7 Å². The maximum Gasteiger partial charge on any atom is 0.331 e. The van der Waals surface area contributed by atoms with Gasteiger partial charge >= 0.3 is 5.97 Å². The van der Waals surface area contributed by atoms with E-state index in [-0.39, 0.29) is 0 Å². The van der Waals surface area contributed by atoms with Gasteiger partial charge in [0.2, 0.25) is 6.41 Å². The van der Waals surface area contributed by atoms with E-state index in [1.165, 1.54) is 4.90 Å².